The van der Waals surface area contributed by atoms with Crippen molar-refractivity contribution < 1.29 is 9.53 Å². The van der Waals surface area contributed by atoms with Gasteiger partial charge in [0.1, 0.15) is 6.61 Å². The van der Waals surface area contributed by atoms with Crippen molar-refractivity contribution in [2.24, 2.45) is 0 Å². The SMILES string of the molecule is CN[C@H]1CC[C@H](OCC(=O)N(C)C)CC1. The Kier molecular flexibility index (Phi) is 5.05. The summed E-state index contributed by atoms with van der Waals surface area (Å²) >= 11 is 0. The number of likely N-dealkylation sites (N-methyl/N-ethyl adjacent to an activating group) is 1. The summed E-state index contributed by atoms with van der Waals surface area (Å²) in [7, 11) is 5.51. The second kappa shape index (κ2) is 6.08. The molecule has 0 atom stereocenters. The highest BCUT2D eigenvalue weighted by Crippen LogP contribution is 2.20. The van der Waals surface area contributed by atoms with Gasteiger partial charge in [0, 0.05) is 20.1 Å². The van der Waals surface area contributed by atoms with Gasteiger partial charge in [0.05, 0.1) is 6.10 Å². The van der Waals surface area contributed by atoms with Gasteiger partial charge in [0.2, 0.25) is 5.91 Å². The Morgan fingerprint density at radius 3 is 2.40 bits per heavy atom. The molecule has 15 heavy (non-hydrogen) atoms. The molecule has 0 heterocycles. The maximum absolute atomic E-state index is 11.3. The average molecular weight is 214 g/mol. The van der Waals surface area contributed by atoms with E-state index < -0.39 is 0 Å². The lowest BCUT2D eigenvalue weighted by atomic mass is 9.93. The number of ether oxygens (including phenoxy) is 1. The van der Waals surface area contributed by atoms with Crippen LogP contribution in [0.25, 0.3) is 0 Å². The summed E-state index contributed by atoms with van der Waals surface area (Å²) in [5.41, 5.74) is 0. The molecule has 0 bridgehead atoms. The zero-order valence-electron chi connectivity index (χ0n) is 9.95. The van der Waals surface area contributed by atoms with Crippen molar-refractivity contribution in [3.05, 3.63) is 0 Å². The molecular formula is C11H22N2O2. The van der Waals surface area contributed by atoms with Gasteiger partial charge in [-0.3, -0.25) is 4.79 Å². The maximum atomic E-state index is 11.3. The molecule has 1 aliphatic rings. The number of amides is 1. The second-order valence-electron chi connectivity index (χ2n) is 4.36. The lowest BCUT2D eigenvalue weighted by Crippen LogP contribution is -2.35. The normalized spacial score (nSPS) is 26.3. The number of hydrogen-bond donors (Lipinski definition) is 1. The van der Waals surface area contributed by atoms with Crippen molar-refractivity contribution in [3.63, 3.8) is 0 Å². The van der Waals surface area contributed by atoms with Crippen LogP contribution in [-0.2, 0) is 9.53 Å². The minimum Gasteiger partial charge on any atom is -0.368 e. The molecule has 0 radical (unpaired) electrons. The molecule has 1 rings (SSSR count). The van der Waals surface area contributed by atoms with E-state index in [9.17, 15) is 4.79 Å². The summed E-state index contributed by atoms with van der Waals surface area (Å²) in [5.74, 6) is 0.0470. The molecule has 1 aliphatic carbocycles. The highest BCUT2D eigenvalue weighted by molar-refractivity contribution is 5.76. The Bertz CT molecular complexity index is 199. The van der Waals surface area contributed by atoms with Crippen LogP contribution in [0.4, 0.5) is 0 Å². The van der Waals surface area contributed by atoms with E-state index in [-0.39, 0.29) is 18.6 Å². The van der Waals surface area contributed by atoms with Crippen molar-refractivity contribution in [2.75, 3.05) is 27.7 Å². The first-order chi connectivity index (χ1) is 7.13. The van der Waals surface area contributed by atoms with Crippen molar-refractivity contribution >= 4 is 5.91 Å². The number of nitrogens with one attached hydrogen (secondary N) is 1. The van der Waals surface area contributed by atoms with Crippen molar-refractivity contribution in [2.45, 2.75) is 37.8 Å². The van der Waals surface area contributed by atoms with E-state index in [0.29, 0.717) is 6.04 Å². The first kappa shape index (κ1) is 12.5. The lowest BCUT2D eigenvalue weighted by molar-refractivity contribution is -0.136. The van der Waals surface area contributed by atoms with E-state index in [0.717, 1.165) is 25.7 Å². The Morgan fingerprint density at radius 1 is 1.33 bits per heavy atom. The molecule has 0 aromatic rings. The fraction of sp³-hybridized carbons (Fsp3) is 0.909. The molecule has 1 N–H and O–H groups in total. The summed E-state index contributed by atoms with van der Waals surface area (Å²) in [6.45, 7) is 0.224. The summed E-state index contributed by atoms with van der Waals surface area (Å²) in [6, 6.07) is 0.634. The number of carbonyl (C=O) groups is 1. The largest absolute Gasteiger partial charge is 0.368 e. The van der Waals surface area contributed by atoms with Gasteiger partial charge in [-0.1, -0.05) is 0 Å². The van der Waals surface area contributed by atoms with E-state index in [4.69, 9.17) is 4.74 Å². The summed E-state index contributed by atoms with van der Waals surface area (Å²) in [5, 5.41) is 3.28. The molecule has 4 nitrogen and oxygen atoms in total. The van der Waals surface area contributed by atoms with E-state index in [1.165, 1.54) is 0 Å². The predicted octanol–water partition coefficient (Wildman–Crippen LogP) is 0.622. The fourth-order valence-corrected chi connectivity index (χ4v) is 1.84. The number of nitrogens with zero attached hydrogens (tertiary/aromatic N) is 1. The van der Waals surface area contributed by atoms with Gasteiger partial charge >= 0.3 is 0 Å². The topological polar surface area (TPSA) is 41.6 Å². The van der Waals surface area contributed by atoms with Crippen LogP contribution in [0, 0.1) is 0 Å². The van der Waals surface area contributed by atoms with Crippen LogP contribution in [-0.4, -0.2) is 50.7 Å². The summed E-state index contributed by atoms with van der Waals surface area (Å²) in [6.07, 6.45) is 4.70. The monoisotopic (exact) mass is 214 g/mol. The molecule has 4 heteroatoms. The third kappa shape index (κ3) is 4.18. The van der Waals surface area contributed by atoms with Gasteiger partial charge in [-0.2, -0.15) is 0 Å². The smallest absolute Gasteiger partial charge is 0.248 e. The number of rotatable bonds is 4. The highest BCUT2D eigenvalue weighted by Gasteiger charge is 2.21. The maximum Gasteiger partial charge on any atom is 0.248 e. The van der Waals surface area contributed by atoms with Crippen LogP contribution in [0.2, 0.25) is 0 Å². The van der Waals surface area contributed by atoms with Crippen LogP contribution < -0.4 is 5.32 Å². The zero-order chi connectivity index (χ0) is 11.3. The minimum absolute atomic E-state index is 0.0470. The standard InChI is InChI=1S/C11H22N2O2/c1-12-9-4-6-10(7-5-9)15-8-11(14)13(2)3/h9-10,12H,4-8H2,1-3H3/t9-,10-. The predicted molar refractivity (Wildman–Crippen MR) is 59.7 cm³/mol. The summed E-state index contributed by atoms with van der Waals surface area (Å²) in [4.78, 5) is 12.9. The highest BCUT2D eigenvalue weighted by atomic mass is 16.5. The summed E-state index contributed by atoms with van der Waals surface area (Å²) < 4.78 is 5.58. The number of hydrogen-bond acceptors (Lipinski definition) is 3. The Morgan fingerprint density at radius 2 is 1.93 bits per heavy atom. The van der Waals surface area contributed by atoms with E-state index >= 15 is 0 Å². The molecule has 88 valence electrons. The minimum atomic E-state index is 0.0470. The van der Waals surface area contributed by atoms with Crippen LogP contribution in [0.15, 0.2) is 0 Å². The molecule has 1 fully saturated rings. The lowest BCUT2D eigenvalue weighted by Gasteiger charge is -2.28. The molecular weight excluding hydrogens is 192 g/mol. The molecule has 0 aromatic carbocycles. The molecule has 1 amide bonds. The van der Waals surface area contributed by atoms with E-state index in [2.05, 4.69) is 5.32 Å². The Balaban J connectivity index is 2.16. The quantitative estimate of drug-likeness (QED) is 0.746. The number of carbonyl (C=O) groups excluding carboxylic acids is 1. The van der Waals surface area contributed by atoms with Crippen molar-refractivity contribution in [1.82, 2.24) is 10.2 Å². The van der Waals surface area contributed by atoms with Crippen molar-refractivity contribution in [3.8, 4) is 0 Å². The van der Waals surface area contributed by atoms with Gasteiger partial charge in [0.15, 0.2) is 0 Å². The molecule has 0 aliphatic heterocycles. The Hall–Kier alpha value is -0.610. The van der Waals surface area contributed by atoms with E-state index in [1.807, 2.05) is 7.05 Å². The van der Waals surface area contributed by atoms with Gasteiger partial charge in [-0.15, -0.1) is 0 Å². The van der Waals surface area contributed by atoms with Gasteiger partial charge in [0.25, 0.3) is 0 Å². The fourth-order valence-electron chi connectivity index (χ4n) is 1.84. The van der Waals surface area contributed by atoms with Crippen molar-refractivity contribution in [1.29, 1.82) is 0 Å². The first-order valence-corrected chi connectivity index (χ1v) is 5.62. The van der Waals surface area contributed by atoms with E-state index in [1.54, 1.807) is 19.0 Å². The van der Waals surface area contributed by atoms with Crippen LogP contribution in [0.1, 0.15) is 25.7 Å². The first-order valence-electron chi connectivity index (χ1n) is 5.62. The molecule has 0 saturated heterocycles. The third-order valence-electron chi connectivity index (χ3n) is 3.02. The van der Waals surface area contributed by atoms with Crippen LogP contribution in [0.3, 0.4) is 0 Å². The second-order valence-corrected chi connectivity index (χ2v) is 4.36. The third-order valence-corrected chi connectivity index (χ3v) is 3.02. The van der Waals surface area contributed by atoms with Crippen LogP contribution >= 0.6 is 0 Å². The Labute approximate surface area is 92.0 Å². The average Bonchev–Trinajstić information content (AvgIpc) is 2.26. The van der Waals surface area contributed by atoms with Gasteiger partial charge < -0.3 is 15.0 Å². The molecule has 0 unspecified atom stereocenters. The van der Waals surface area contributed by atoms with Gasteiger partial charge in [-0.25, -0.2) is 0 Å². The zero-order valence-corrected chi connectivity index (χ0v) is 9.95. The molecule has 0 spiro atoms. The molecule has 0 aromatic heterocycles. The molecule has 1 saturated carbocycles. The van der Waals surface area contributed by atoms with Gasteiger partial charge in [-0.05, 0) is 32.7 Å². The van der Waals surface area contributed by atoms with Crippen LogP contribution in [0.5, 0.6) is 0 Å².